The normalized spacial score (nSPS) is 14.0. The second-order valence-electron chi connectivity index (χ2n) is 11.1. The number of piperidine rings is 1. The van der Waals surface area contributed by atoms with Gasteiger partial charge in [-0.15, -0.1) is 0 Å². The molecule has 6 aromatic rings. The summed E-state index contributed by atoms with van der Waals surface area (Å²) >= 11 is 0. The number of aliphatic carboxylic acids is 1. The van der Waals surface area contributed by atoms with Gasteiger partial charge in [0.25, 0.3) is 5.56 Å². The molecule has 1 saturated heterocycles. The standard InChI is InChI=1S/C32H27N7O2.C2HF3O2/c40-31-26-18-25(22-4-2-1-3-5-22)29(36-27(26)11-15-34-31)23-8-6-21(7-9-23)19-39-16-12-24(13-17-39)32-37-30(38-41-32)28-10-14-33-20-35-28;3-2(4,5)1(6)7/h1-11,14-15,18,20,24H,12-13,16-17,19H2,(H,34,40);(H,6,7). The average Bonchev–Trinajstić information content (AvgIpc) is 3.60. The number of carboxylic acids is 1. The molecule has 0 unspecified atom stereocenters. The lowest BCUT2D eigenvalue weighted by Gasteiger charge is -2.30. The summed E-state index contributed by atoms with van der Waals surface area (Å²) < 4.78 is 37.3. The van der Waals surface area contributed by atoms with E-state index in [1.54, 1.807) is 18.5 Å². The highest BCUT2D eigenvalue weighted by atomic mass is 19.4. The van der Waals surface area contributed by atoms with Crippen LogP contribution in [0.25, 0.3) is 44.8 Å². The quantitative estimate of drug-likeness (QED) is 0.215. The summed E-state index contributed by atoms with van der Waals surface area (Å²) in [6, 6.07) is 24.3. The van der Waals surface area contributed by atoms with Gasteiger partial charge in [-0.05, 0) is 55.3 Å². The van der Waals surface area contributed by atoms with E-state index in [9.17, 15) is 18.0 Å². The van der Waals surface area contributed by atoms with Crippen molar-refractivity contribution in [3.8, 4) is 33.9 Å². The fraction of sp³-hybridized carbons (Fsp3) is 0.206. The molecule has 4 aromatic heterocycles. The number of carbonyl (C=O) groups is 1. The van der Waals surface area contributed by atoms with Crippen molar-refractivity contribution >= 4 is 16.9 Å². The average molecular weight is 656 g/mol. The molecule has 0 spiro atoms. The number of hydrogen-bond donors (Lipinski definition) is 2. The number of nitrogens with zero attached hydrogens (tertiary/aromatic N) is 6. The molecule has 1 aliphatic rings. The van der Waals surface area contributed by atoms with Crippen LogP contribution in [0.4, 0.5) is 13.2 Å². The third kappa shape index (κ3) is 7.44. The van der Waals surface area contributed by atoms with Gasteiger partial charge in [-0.25, -0.2) is 19.7 Å². The molecule has 48 heavy (non-hydrogen) atoms. The first-order valence-electron chi connectivity index (χ1n) is 15.0. The van der Waals surface area contributed by atoms with E-state index < -0.39 is 12.1 Å². The first-order chi connectivity index (χ1) is 23.2. The summed E-state index contributed by atoms with van der Waals surface area (Å²) in [6.45, 7) is 2.78. The number of rotatable bonds is 6. The highest BCUT2D eigenvalue weighted by Gasteiger charge is 2.38. The summed E-state index contributed by atoms with van der Waals surface area (Å²) in [5.41, 5.74) is 6.30. The summed E-state index contributed by atoms with van der Waals surface area (Å²) in [7, 11) is 0. The van der Waals surface area contributed by atoms with E-state index in [4.69, 9.17) is 19.4 Å². The summed E-state index contributed by atoms with van der Waals surface area (Å²) in [5, 5.41) is 11.8. The van der Waals surface area contributed by atoms with Crippen molar-refractivity contribution in [3.05, 3.63) is 113 Å². The second kappa shape index (κ2) is 13.9. The van der Waals surface area contributed by atoms with Crippen LogP contribution in [-0.2, 0) is 11.3 Å². The molecular formula is C34H28F3N7O4. The van der Waals surface area contributed by atoms with E-state index in [0.717, 1.165) is 54.9 Å². The number of hydrogen-bond acceptors (Lipinski definition) is 9. The monoisotopic (exact) mass is 655 g/mol. The number of fused-ring (bicyclic) bond motifs is 1. The van der Waals surface area contributed by atoms with E-state index in [1.165, 1.54) is 11.9 Å². The zero-order chi connectivity index (χ0) is 33.7. The van der Waals surface area contributed by atoms with Crippen molar-refractivity contribution in [3.63, 3.8) is 0 Å². The third-order valence-corrected chi connectivity index (χ3v) is 7.90. The van der Waals surface area contributed by atoms with Gasteiger partial charge in [0.2, 0.25) is 11.7 Å². The Kier molecular flexibility index (Phi) is 9.34. The summed E-state index contributed by atoms with van der Waals surface area (Å²) in [6.07, 6.45) is 1.64. The summed E-state index contributed by atoms with van der Waals surface area (Å²) in [5.74, 6) is -1.32. The lowest BCUT2D eigenvalue weighted by Crippen LogP contribution is -2.32. The van der Waals surface area contributed by atoms with Gasteiger partial charge in [-0.1, -0.05) is 59.8 Å². The van der Waals surface area contributed by atoms with E-state index in [2.05, 4.69) is 54.3 Å². The number of halogens is 3. The Morgan fingerprint density at radius 1 is 0.979 bits per heavy atom. The molecule has 7 rings (SSSR count). The number of benzene rings is 2. The van der Waals surface area contributed by atoms with Crippen LogP contribution in [0.1, 0.15) is 30.2 Å². The Labute approximate surface area is 271 Å². The minimum atomic E-state index is -5.08. The van der Waals surface area contributed by atoms with Crippen LogP contribution >= 0.6 is 0 Å². The van der Waals surface area contributed by atoms with E-state index >= 15 is 0 Å². The molecule has 2 N–H and O–H groups in total. The van der Waals surface area contributed by atoms with Crippen LogP contribution in [-0.4, -0.2) is 65.3 Å². The Bertz CT molecular complexity index is 2060. The molecule has 14 heteroatoms. The lowest BCUT2D eigenvalue weighted by atomic mass is 9.95. The minimum Gasteiger partial charge on any atom is -0.475 e. The van der Waals surface area contributed by atoms with Crippen LogP contribution in [0.15, 0.2) is 101 Å². The van der Waals surface area contributed by atoms with Gasteiger partial charge in [0.15, 0.2) is 0 Å². The first-order valence-corrected chi connectivity index (χ1v) is 15.0. The number of aromatic nitrogens is 6. The molecule has 0 saturated carbocycles. The highest BCUT2D eigenvalue weighted by Crippen LogP contribution is 2.33. The molecule has 0 bridgehead atoms. The maximum absolute atomic E-state index is 12.5. The van der Waals surface area contributed by atoms with Crippen LogP contribution in [0.5, 0.6) is 0 Å². The fourth-order valence-electron chi connectivity index (χ4n) is 5.46. The summed E-state index contributed by atoms with van der Waals surface area (Å²) in [4.78, 5) is 44.3. The van der Waals surface area contributed by atoms with E-state index in [1.807, 2.05) is 42.5 Å². The first kappa shape index (κ1) is 32.2. The zero-order valence-corrected chi connectivity index (χ0v) is 25.3. The molecule has 0 radical (unpaired) electrons. The van der Waals surface area contributed by atoms with Crippen molar-refractivity contribution < 1.29 is 27.6 Å². The second-order valence-corrected chi connectivity index (χ2v) is 11.1. The predicted molar refractivity (Wildman–Crippen MR) is 170 cm³/mol. The van der Waals surface area contributed by atoms with Gasteiger partial charge in [0.1, 0.15) is 12.0 Å². The maximum Gasteiger partial charge on any atom is 0.490 e. The topological polar surface area (TPSA) is 151 Å². The zero-order valence-electron chi connectivity index (χ0n) is 25.3. The molecule has 2 aromatic carbocycles. The predicted octanol–water partition coefficient (Wildman–Crippen LogP) is 6.11. The smallest absolute Gasteiger partial charge is 0.475 e. The SMILES string of the molecule is O=C(O)C(F)(F)F.O=c1[nH]ccc2nc(-c3ccc(CN4CCC(c5nc(-c6ccncn6)no5)CC4)cc3)c(-c3ccccc3)cc12. The molecule has 0 atom stereocenters. The molecule has 244 valence electrons. The Morgan fingerprint density at radius 3 is 2.38 bits per heavy atom. The highest BCUT2D eigenvalue weighted by molar-refractivity contribution is 5.91. The number of H-pyrrole nitrogens is 1. The molecule has 0 aliphatic carbocycles. The molecule has 1 aliphatic heterocycles. The van der Waals surface area contributed by atoms with Crippen molar-refractivity contribution in [1.29, 1.82) is 0 Å². The van der Waals surface area contributed by atoms with E-state index in [0.29, 0.717) is 28.3 Å². The van der Waals surface area contributed by atoms with Crippen LogP contribution in [0.3, 0.4) is 0 Å². The number of carboxylic acid groups (broad SMARTS) is 1. The number of pyridine rings is 2. The Hall–Kier alpha value is -5.76. The van der Waals surface area contributed by atoms with Gasteiger partial charge < -0.3 is 14.6 Å². The van der Waals surface area contributed by atoms with Crippen molar-refractivity contribution in [2.24, 2.45) is 0 Å². The molecule has 0 amide bonds. The van der Waals surface area contributed by atoms with Gasteiger partial charge in [0.05, 0.1) is 16.6 Å². The molecular weight excluding hydrogens is 627 g/mol. The molecule has 1 fully saturated rings. The van der Waals surface area contributed by atoms with E-state index in [-0.39, 0.29) is 11.5 Å². The van der Waals surface area contributed by atoms with Crippen LogP contribution in [0.2, 0.25) is 0 Å². The number of alkyl halides is 3. The van der Waals surface area contributed by atoms with Gasteiger partial charge in [-0.2, -0.15) is 18.2 Å². The Morgan fingerprint density at radius 2 is 1.71 bits per heavy atom. The van der Waals surface area contributed by atoms with Crippen LogP contribution < -0.4 is 5.56 Å². The van der Waals surface area contributed by atoms with Crippen molar-refractivity contribution in [2.45, 2.75) is 31.5 Å². The third-order valence-electron chi connectivity index (χ3n) is 7.90. The molecule has 5 heterocycles. The van der Waals surface area contributed by atoms with Gasteiger partial charge in [0, 0.05) is 36.0 Å². The van der Waals surface area contributed by atoms with Crippen molar-refractivity contribution in [2.75, 3.05) is 13.1 Å². The number of aromatic amines is 1. The molecule has 11 nitrogen and oxygen atoms in total. The van der Waals surface area contributed by atoms with Gasteiger partial charge >= 0.3 is 12.1 Å². The Balaban J connectivity index is 0.000000519. The maximum atomic E-state index is 12.5. The number of likely N-dealkylation sites (tertiary alicyclic amines) is 1. The fourth-order valence-corrected chi connectivity index (χ4v) is 5.46. The number of nitrogens with one attached hydrogen (secondary N) is 1. The largest absolute Gasteiger partial charge is 0.490 e. The van der Waals surface area contributed by atoms with Gasteiger partial charge in [-0.3, -0.25) is 9.69 Å². The van der Waals surface area contributed by atoms with Crippen molar-refractivity contribution in [1.82, 2.24) is 35.0 Å². The lowest BCUT2D eigenvalue weighted by molar-refractivity contribution is -0.192. The minimum absolute atomic E-state index is 0.136. The van der Waals surface area contributed by atoms with Crippen LogP contribution in [0, 0.1) is 0 Å².